The summed E-state index contributed by atoms with van der Waals surface area (Å²) in [6.07, 6.45) is 1.80. The van der Waals surface area contributed by atoms with Gasteiger partial charge in [0.05, 0.1) is 15.2 Å². The smallest absolute Gasteiger partial charge is 0.264 e. The van der Waals surface area contributed by atoms with E-state index < -0.39 is 0 Å². The van der Waals surface area contributed by atoms with Crippen LogP contribution in [0.4, 0.5) is 0 Å². The van der Waals surface area contributed by atoms with Gasteiger partial charge < -0.3 is 9.72 Å². The maximum Gasteiger partial charge on any atom is 0.264 e. The van der Waals surface area contributed by atoms with Crippen LogP contribution in [0, 0.1) is 3.57 Å². The van der Waals surface area contributed by atoms with Gasteiger partial charge in [0.15, 0.2) is 0 Å². The van der Waals surface area contributed by atoms with E-state index in [9.17, 15) is 4.79 Å². The summed E-state index contributed by atoms with van der Waals surface area (Å²) in [7, 11) is 0. The van der Waals surface area contributed by atoms with Crippen LogP contribution in [0.3, 0.4) is 0 Å². The number of rotatable bonds is 3. The number of H-pyrrole nitrogens is 1. The molecule has 0 spiro atoms. The zero-order valence-corrected chi connectivity index (χ0v) is 13.3. The highest BCUT2D eigenvalue weighted by Crippen LogP contribution is 2.36. The van der Waals surface area contributed by atoms with Crippen LogP contribution in [-0.2, 0) is 6.42 Å². The molecule has 1 aliphatic heterocycles. The monoisotopic (exact) mass is 382 g/mol. The normalized spacial score (nSPS) is 16.8. The fraction of sp³-hybridized carbons (Fsp3) is 0.333. The number of fused-ring (bicyclic) bond motifs is 1. The van der Waals surface area contributed by atoms with E-state index in [1.165, 1.54) is 0 Å². The molecule has 1 unspecified atom stereocenters. The summed E-state index contributed by atoms with van der Waals surface area (Å²) < 4.78 is 6.37. The number of aromatic nitrogens is 2. The Morgan fingerprint density at radius 3 is 3.05 bits per heavy atom. The molecule has 0 aliphatic carbocycles. The van der Waals surface area contributed by atoms with Crippen molar-refractivity contribution < 1.29 is 4.74 Å². The van der Waals surface area contributed by atoms with Crippen LogP contribution in [0.15, 0.2) is 29.1 Å². The second kappa shape index (κ2) is 5.55. The average Bonchev–Trinajstić information content (AvgIpc) is 2.88. The summed E-state index contributed by atoms with van der Waals surface area (Å²) in [6.45, 7) is 2.63. The van der Waals surface area contributed by atoms with Crippen LogP contribution in [-0.4, -0.2) is 16.6 Å². The number of benzene rings is 1. The number of hydrogen-bond donors (Lipinski definition) is 1. The number of para-hydroxylation sites is 1. The van der Waals surface area contributed by atoms with Crippen molar-refractivity contribution in [2.24, 2.45) is 0 Å². The Morgan fingerprint density at radius 1 is 1.45 bits per heavy atom. The fourth-order valence-electron chi connectivity index (χ4n) is 2.48. The number of ether oxygens (including phenoxy) is 1. The first kappa shape index (κ1) is 13.6. The number of aromatic amines is 1. The van der Waals surface area contributed by atoms with Crippen LogP contribution in [0.5, 0.6) is 5.75 Å². The summed E-state index contributed by atoms with van der Waals surface area (Å²) in [5.41, 5.74) is 1.93. The lowest BCUT2D eigenvalue weighted by Crippen LogP contribution is -2.21. The van der Waals surface area contributed by atoms with Gasteiger partial charge in [0, 0.05) is 5.56 Å². The molecule has 0 bridgehead atoms. The first-order valence-electron chi connectivity index (χ1n) is 6.71. The van der Waals surface area contributed by atoms with Gasteiger partial charge in [-0.15, -0.1) is 0 Å². The molecule has 0 radical (unpaired) electrons. The highest BCUT2D eigenvalue weighted by atomic mass is 127. The molecule has 2 heterocycles. The van der Waals surface area contributed by atoms with E-state index in [1.807, 2.05) is 24.3 Å². The zero-order chi connectivity index (χ0) is 14.1. The Morgan fingerprint density at radius 2 is 2.25 bits per heavy atom. The van der Waals surface area contributed by atoms with E-state index in [1.54, 1.807) is 0 Å². The van der Waals surface area contributed by atoms with Crippen molar-refractivity contribution in [1.82, 2.24) is 9.97 Å². The molecule has 20 heavy (non-hydrogen) atoms. The molecule has 1 aromatic carbocycles. The Kier molecular flexibility index (Phi) is 3.78. The van der Waals surface area contributed by atoms with Crippen LogP contribution in [0.25, 0.3) is 0 Å². The molecule has 1 aromatic heterocycles. The molecule has 3 rings (SSSR count). The molecular weight excluding hydrogens is 367 g/mol. The first-order chi connectivity index (χ1) is 9.70. The van der Waals surface area contributed by atoms with Crippen molar-refractivity contribution in [3.63, 3.8) is 0 Å². The van der Waals surface area contributed by atoms with Crippen molar-refractivity contribution >= 4 is 22.6 Å². The molecule has 5 heteroatoms. The second-order valence-electron chi connectivity index (χ2n) is 4.86. The highest BCUT2D eigenvalue weighted by Gasteiger charge is 2.28. The summed E-state index contributed by atoms with van der Waals surface area (Å²) in [4.78, 5) is 19.6. The Hall–Kier alpha value is -1.37. The number of nitrogens with zero attached hydrogens (tertiary/aromatic N) is 1. The van der Waals surface area contributed by atoms with Crippen LogP contribution < -0.4 is 10.3 Å². The Bertz CT molecular complexity index is 697. The zero-order valence-electron chi connectivity index (χ0n) is 11.1. The maximum absolute atomic E-state index is 12.1. The molecule has 0 amide bonds. The molecular formula is C15H15IN2O2. The van der Waals surface area contributed by atoms with E-state index in [-0.39, 0.29) is 11.5 Å². The quantitative estimate of drug-likeness (QED) is 0.831. The van der Waals surface area contributed by atoms with Crippen molar-refractivity contribution in [1.29, 1.82) is 0 Å². The molecule has 4 nitrogen and oxygen atoms in total. The third-order valence-electron chi connectivity index (χ3n) is 3.47. The number of halogens is 1. The van der Waals surface area contributed by atoms with Crippen molar-refractivity contribution in [3.8, 4) is 5.75 Å². The largest absolute Gasteiger partial charge is 0.492 e. The SMILES string of the molecule is CCCc1nc(C2COc3ccccc32)[nH]c(=O)c1I. The summed E-state index contributed by atoms with van der Waals surface area (Å²) >= 11 is 2.07. The highest BCUT2D eigenvalue weighted by molar-refractivity contribution is 14.1. The Labute approximate surface area is 130 Å². The lowest BCUT2D eigenvalue weighted by molar-refractivity contribution is 0.339. The minimum atomic E-state index is -0.0524. The molecule has 0 saturated heterocycles. The predicted molar refractivity (Wildman–Crippen MR) is 85.3 cm³/mol. The molecule has 2 aromatic rings. The van der Waals surface area contributed by atoms with Gasteiger partial charge in [-0.3, -0.25) is 4.79 Å². The molecule has 104 valence electrons. The molecule has 0 saturated carbocycles. The third kappa shape index (κ3) is 2.34. The average molecular weight is 382 g/mol. The summed E-state index contributed by atoms with van der Waals surface area (Å²) in [5.74, 6) is 1.62. The molecule has 1 atom stereocenters. The number of hydrogen-bond acceptors (Lipinski definition) is 3. The van der Waals surface area contributed by atoms with E-state index in [0.29, 0.717) is 16.0 Å². The lowest BCUT2D eigenvalue weighted by atomic mass is 10.0. The fourth-order valence-corrected chi connectivity index (χ4v) is 3.01. The van der Waals surface area contributed by atoms with Crippen molar-refractivity contribution in [2.45, 2.75) is 25.7 Å². The van der Waals surface area contributed by atoms with E-state index in [4.69, 9.17) is 4.74 Å². The van der Waals surface area contributed by atoms with Gasteiger partial charge in [-0.1, -0.05) is 31.5 Å². The molecule has 0 fully saturated rings. The lowest BCUT2D eigenvalue weighted by Gasteiger charge is -2.10. The van der Waals surface area contributed by atoms with Gasteiger partial charge >= 0.3 is 0 Å². The van der Waals surface area contributed by atoms with Gasteiger partial charge in [0.25, 0.3) is 5.56 Å². The van der Waals surface area contributed by atoms with Crippen LogP contribution >= 0.6 is 22.6 Å². The van der Waals surface area contributed by atoms with Crippen molar-refractivity contribution in [2.75, 3.05) is 6.61 Å². The predicted octanol–water partition coefficient (Wildman–Crippen LogP) is 2.85. The van der Waals surface area contributed by atoms with Crippen LogP contribution in [0.1, 0.15) is 36.3 Å². The first-order valence-corrected chi connectivity index (χ1v) is 7.79. The second-order valence-corrected chi connectivity index (χ2v) is 5.94. The van der Waals surface area contributed by atoms with Gasteiger partial charge in [-0.05, 0) is 35.1 Å². The summed E-state index contributed by atoms with van der Waals surface area (Å²) in [6, 6.07) is 7.92. The van der Waals surface area contributed by atoms with E-state index in [0.717, 1.165) is 29.8 Å². The van der Waals surface area contributed by atoms with Gasteiger partial charge in [0.1, 0.15) is 18.2 Å². The molecule has 1 N–H and O–H groups in total. The Balaban J connectivity index is 2.06. The minimum absolute atomic E-state index is 0.0199. The van der Waals surface area contributed by atoms with E-state index >= 15 is 0 Å². The van der Waals surface area contributed by atoms with E-state index in [2.05, 4.69) is 39.5 Å². The number of aryl methyl sites for hydroxylation is 1. The maximum atomic E-state index is 12.1. The molecule has 1 aliphatic rings. The van der Waals surface area contributed by atoms with Gasteiger partial charge in [0.2, 0.25) is 0 Å². The minimum Gasteiger partial charge on any atom is -0.492 e. The third-order valence-corrected chi connectivity index (χ3v) is 4.58. The van der Waals surface area contributed by atoms with Crippen molar-refractivity contribution in [3.05, 3.63) is 55.3 Å². The van der Waals surface area contributed by atoms with Gasteiger partial charge in [-0.2, -0.15) is 0 Å². The van der Waals surface area contributed by atoms with Gasteiger partial charge in [-0.25, -0.2) is 4.98 Å². The number of nitrogens with one attached hydrogen (secondary N) is 1. The standard InChI is InChI=1S/C15H15IN2O2/c1-2-5-11-13(16)15(19)18-14(17-11)10-8-20-12-7-4-3-6-9(10)12/h3-4,6-7,10H,2,5,8H2,1H3,(H,17,18,19). The van der Waals surface area contributed by atoms with Crippen LogP contribution in [0.2, 0.25) is 0 Å². The topological polar surface area (TPSA) is 55.0 Å². The summed E-state index contributed by atoms with van der Waals surface area (Å²) in [5, 5.41) is 0.